The molecular formula is C36H49N5O3. The summed E-state index contributed by atoms with van der Waals surface area (Å²) in [6.45, 7) is 9.83. The number of pyridine rings is 1. The molecule has 8 nitrogen and oxygen atoms in total. The lowest BCUT2D eigenvalue weighted by Gasteiger charge is -2.39. The highest BCUT2D eigenvalue weighted by Gasteiger charge is 2.31. The van der Waals surface area contributed by atoms with E-state index in [2.05, 4.69) is 34.5 Å². The number of carbonyl (C=O) groups is 2. The molecule has 1 saturated heterocycles. The van der Waals surface area contributed by atoms with Crippen molar-refractivity contribution in [1.29, 1.82) is 0 Å². The minimum Gasteiger partial charge on any atom is -0.489 e. The zero-order chi connectivity index (χ0) is 31.1. The summed E-state index contributed by atoms with van der Waals surface area (Å²) in [6.07, 6.45) is 8.68. The number of hydrogen-bond acceptors (Lipinski definition) is 6. The zero-order valence-corrected chi connectivity index (χ0v) is 26.6. The van der Waals surface area contributed by atoms with Crippen LogP contribution in [0.5, 0.6) is 5.75 Å². The summed E-state index contributed by atoms with van der Waals surface area (Å²) in [5.41, 5.74) is 3.09. The van der Waals surface area contributed by atoms with E-state index >= 15 is 0 Å². The molecule has 2 N–H and O–H groups in total. The maximum atomic E-state index is 14.1. The van der Waals surface area contributed by atoms with Crippen molar-refractivity contribution < 1.29 is 14.3 Å². The van der Waals surface area contributed by atoms with Gasteiger partial charge in [-0.3, -0.25) is 19.6 Å². The summed E-state index contributed by atoms with van der Waals surface area (Å²) in [5, 5.41) is 10.6. The number of carbonyl (C=O) groups excluding carboxylic acids is 2. The molecule has 0 spiro atoms. The number of amides is 2. The van der Waals surface area contributed by atoms with E-state index in [0.29, 0.717) is 31.9 Å². The van der Waals surface area contributed by atoms with Gasteiger partial charge < -0.3 is 15.4 Å². The van der Waals surface area contributed by atoms with E-state index in [1.165, 1.54) is 6.42 Å². The molecule has 8 heteroatoms. The Labute approximate surface area is 263 Å². The van der Waals surface area contributed by atoms with Crippen LogP contribution >= 0.6 is 0 Å². The lowest BCUT2D eigenvalue weighted by molar-refractivity contribution is -0.154. The number of nitrogens with one attached hydrogen (secondary N) is 2. The Balaban J connectivity index is 1.50. The van der Waals surface area contributed by atoms with E-state index in [0.717, 1.165) is 61.3 Å². The van der Waals surface area contributed by atoms with Gasteiger partial charge in [0.2, 0.25) is 5.91 Å². The van der Waals surface area contributed by atoms with Gasteiger partial charge in [-0.15, -0.1) is 0 Å². The van der Waals surface area contributed by atoms with Crippen LogP contribution in [-0.4, -0.2) is 65.1 Å². The largest absolute Gasteiger partial charge is 0.489 e. The van der Waals surface area contributed by atoms with E-state index in [4.69, 9.17) is 4.74 Å². The van der Waals surface area contributed by atoms with Crippen molar-refractivity contribution in [3.8, 4) is 5.75 Å². The molecule has 0 aliphatic carbocycles. The van der Waals surface area contributed by atoms with Crippen LogP contribution < -0.4 is 15.4 Å². The first-order valence-corrected chi connectivity index (χ1v) is 16.2. The quantitative estimate of drug-likeness (QED) is 0.236. The molecular weight excluding hydrogens is 550 g/mol. The van der Waals surface area contributed by atoms with Crippen molar-refractivity contribution >= 4 is 11.8 Å². The fourth-order valence-electron chi connectivity index (χ4n) is 5.52. The van der Waals surface area contributed by atoms with Crippen molar-refractivity contribution in [2.24, 2.45) is 5.92 Å². The van der Waals surface area contributed by atoms with E-state index < -0.39 is 12.1 Å². The Bertz CT molecular complexity index is 1260. The van der Waals surface area contributed by atoms with Crippen LogP contribution in [0.4, 0.5) is 0 Å². The van der Waals surface area contributed by atoms with E-state index in [1.54, 1.807) is 12.4 Å². The highest BCUT2D eigenvalue weighted by Crippen LogP contribution is 2.18. The van der Waals surface area contributed by atoms with Crippen molar-refractivity contribution in [3.63, 3.8) is 0 Å². The number of rotatable bonds is 16. The van der Waals surface area contributed by atoms with Crippen LogP contribution in [0.2, 0.25) is 0 Å². The Hall–Kier alpha value is -3.75. The Morgan fingerprint density at radius 1 is 0.864 bits per heavy atom. The SMILES string of the molecule is CCN(C(=O)C(Cc1ccc(OCc2ccccc2)cc1)NC(=O)C(Cc1ccncc1)NCCC(C)C)N1CCCCC1. The van der Waals surface area contributed by atoms with Crippen molar-refractivity contribution in [3.05, 3.63) is 95.8 Å². The molecule has 2 amide bonds. The number of piperidine rings is 1. The number of nitrogens with zero attached hydrogens (tertiary/aromatic N) is 3. The maximum Gasteiger partial charge on any atom is 0.259 e. The number of hydrazine groups is 1. The first-order valence-electron chi connectivity index (χ1n) is 16.2. The average molecular weight is 600 g/mol. The molecule has 2 unspecified atom stereocenters. The van der Waals surface area contributed by atoms with Crippen LogP contribution in [0.15, 0.2) is 79.1 Å². The molecule has 2 atom stereocenters. The summed E-state index contributed by atoms with van der Waals surface area (Å²) >= 11 is 0. The predicted octanol–water partition coefficient (Wildman–Crippen LogP) is 5.18. The maximum absolute atomic E-state index is 14.1. The van der Waals surface area contributed by atoms with Crippen molar-refractivity contribution in [2.75, 3.05) is 26.2 Å². The van der Waals surface area contributed by atoms with Crippen molar-refractivity contribution in [2.45, 2.75) is 78.0 Å². The molecule has 4 rings (SSSR count). The monoisotopic (exact) mass is 599 g/mol. The molecule has 2 aromatic carbocycles. The standard InChI is InChI=1S/C36H49N5O3/c1-4-41(40-23-9-6-10-24-40)36(43)34(26-29-13-15-32(16-14-29)44-27-31-11-7-5-8-12-31)39-35(42)33(38-22-17-28(2)3)25-30-18-20-37-21-19-30/h5,7-8,11-16,18-21,28,33-34,38H,4,6,9-10,17,22-27H2,1-3H3,(H,39,42). The molecule has 1 aliphatic rings. The van der Waals surface area contributed by atoms with Crippen LogP contribution in [-0.2, 0) is 29.0 Å². The molecule has 1 aromatic heterocycles. The molecule has 3 aromatic rings. The third-order valence-corrected chi connectivity index (χ3v) is 8.07. The number of hydrogen-bond donors (Lipinski definition) is 2. The number of aromatic nitrogens is 1. The number of likely N-dealkylation sites (N-methyl/N-ethyl adjacent to an activating group) is 1. The van der Waals surface area contributed by atoms with E-state index in [-0.39, 0.29) is 11.8 Å². The lowest BCUT2D eigenvalue weighted by atomic mass is 10.0. The molecule has 0 radical (unpaired) electrons. The summed E-state index contributed by atoms with van der Waals surface area (Å²) in [4.78, 5) is 32.2. The number of ether oxygens (including phenoxy) is 1. The van der Waals surface area contributed by atoms with Gasteiger partial charge in [0.1, 0.15) is 18.4 Å². The minimum atomic E-state index is -0.702. The van der Waals surface area contributed by atoms with Gasteiger partial charge in [0.05, 0.1) is 6.04 Å². The first kappa shape index (κ1) is 33.1. The second-order valence-corrected chi connectivity index (χ2v) is 12.0. The van der Waals surface area contributed by atoms with Crippen molar-refractivity contribution in [1.82, 2.24) is 25.6 Å². The summed E-state index contributed by atoms with van der Waals surface area (Å²) in [5.74, 6) is 1.04. The van der Waals surface area contributed by atoms with Crippen LogP contribution in [0.1, 0.15) is 63.1 Å². The zero-order valence-electron chi connectivity index (χ0n) is 26.6. The summed E-state index contributed by atoms with van der Waals surface area (Å²) < 4.78 is 5.98. The van der Waals surface area contributed by atoms with Gasteiger partial charge in [0.25, 0.3) is 5.91 Å². The van der Waals surface area contributed by atoms with Gasteiger partial charge in [-0.2, -0.15) is 0 Å². The topological polar surface area (TPSA) is 86.8 Å². The minimum absolute atomic E-state index is 0.0722. The fraction of sp³-hybridized carbons (Fsp3) is 0.472. The third kappa shape index (κ3) is 10.5. The Kier molecular flexibility index (Phi) is 13.2. The van der Waals surface area contributed by atoms with Gasteiger partial charge in [0, 0.05) is 38.4 Å². The van der Waals surface area contributed by atoms with Gasteiger partial charge in [-0.25, -0.2) is 5.01 Å². The van der Waals surface area contributed by atoms with Crippen LogP contribution in [0.3, 0.4) is 0 Å². The summed E-state index contributed by atoms with van der Waals surface area (Å²) in [6, 6.07) is 20.6. The molecule has 44 heavy (non-hydrogen) atoms. The van der Waals surface area contributed by atoms with Crippen LogP contribution in [0.25, 0.3) is 0 Å². The van der Waals surface area contributed by atoms with Gasteiger partial charge >= 0.3 is 0 Å². The van der Waals surface area contributed by atoms with Crippen LogP contribution in [0, 0.1) is 5.92 Å². The van der Waals surface area contributed by atoms with Gasteiger partial charge in [0.15, 0.2) is 0 Å². The highest BCUT2D eigenvalue weighted by atomic mass is 16.5. The molecule has 1 aliphatic heterocycles. The smallest absolute Gasteiger partial charge is 0.259 e. The Morgan fingerprint density at radius 3 is 2.18 bits per heavy atom. The average Bonchev–Trinajstić information content (AvgIpc) is 3.05. The molecule has 1 fully saturated rings. The molecule has 236 valence electrons. The van der Waals surface area contributed by atoms with E-state index in [9.17, 15) is 9.59 Å². The van der Waals surface area contributed by atoms with Gasteiger partial charge in [-0.1, -0.05) is 62.7 Å². The summed E-state index contributed by atoms with van der Waals surface area (Å²) in [7, 11) is 0. The second kappa shape index (κ2) is 17.5. The molecule has 0 saturated carbocycles. The Morgan fingerprint density at radius 2 is 1.52 bits per heavy atom. The highest BCUT2D eigenvalue weighted by molar-refractivity contribution is 5.90. The predicted molar refractivity (Wildman–Crippen MR) is 175 cm³/mol. The third-order valence-electron chi connectivity index (χ3n) is 8.07. The molecule has 0 bridgehead atoms. The fourth-order valence-corrected chi connectivity index (χ4v) is 5.52. The molecule has 2 heterocycles. The van der Waals surface area contributed by atoms with Gasteiger partial charge in [-0.05, 0) is 86.0 Å². The second-order valence-electron chi connectivity index (χ2n) is 12.0. The number of benzene rings is 2. The normalized spacial score (nSPS) is 15.0. The van der Waals surface area contributed by atoms with E-state index in [1.807, 2.05) is 78.7 Å². The lowest BCUT2D eigenvalue weighted by Crippen LogP contribution is -2.58. The first-order chi connectivity index (χ1) is 21.4.